The molecule has 0 atom stereocenters. The molecule has 0 saturated heterocycles. The van der Waals surface area contributed by atoms with Gasteiger partial charge in [0, 0.05) is 11.8 Å². The highest BCUT2D eigenvalue weighted by molar-refractivity contribution is 5.91. The fourth-order valence-electron chi connectivity index (χ4n) is 2.17. The van der Waals surface area contributed by atoms with E-state index < -0.39 is 23.1 Å². The zero-order chi connectivity index (χ0) is 18.4. The van der Waals surface area contributed by atoms with Gasteiger partial charge in [-0.15, -0.1) is 0 Å². The molecule has 6 nitrogen and oxygen atoms in total. The Morgan fingerprint density at radius 1 is 1.04 bits per heavy atom. The van der Waals surface area contributed by atoms with E-state index in [1.807, 2.05) is 30.3 Å². The number of nitrogens with one attached hydrogen (secondary N) is 1. The van der Waals surface area contributed by atoms with Crippen LogP contribution in [0.2, 0.25) is 0 Å². The van der Waals surface area contributed by atoms with Crippen LogP contribution in [0.4, 0.5) is 0 Å². The average Bonchev–Trinajstić information content (AvgIpc) is 2.52. The minimum absolute atomic E-state index is 0.102. The number of carbonyl (C=O) groups is 2. The van der Waals surface area contributed by atoms with Gasteiger partial charge in [-0.05, 0) is 32.4 Å². The molecule has 25 heavy (non-hydrogen) atoms. The van der Waals surface area contributed by atoms with Crippen molar-refractivity contribution in [1.82, 2.24) is 4.98 Å². The van der Waals surface area contributed by atoms with Gasteiger partial charge in [-0.3, -0.25) is 9.59 Å². The highest BCUT2D eigenvalue weighted by Gasteiger charge is 2.21. The maximum Gasteiger partial charge on any atom is 0.340 e. The van der Waals surface area contributed by atoms with Crippen LogP contribution in [0.5, 0.6) is 0 Å². The number of rotatable bonds is 5. The third kappa shape index (κ3) is 5.91. The summed E-state index contributed by atoms with van der Waals surface area (Å²) in [7, 11) is 0. The fraction of sp³-hybridized carbons (Fsp3) is 0.316. The molecule has 0 aliphatic carbocycles. The van der Waals surface area contributed by atoms with Crippen LogP contribution in [0.3, 0.4) is 0 Å². The van der Waals surface area contributed by atoms with Gasteiger partial charge in [0.05, 0.1) is 12.0 Å². The van der Waals surface area contributed by atoms with Crippen LogP contribution in [0.25, 0.3) is 0 Å². The second-order valence-corrected chi connectivity index (χ2v) is 6.54. The van der Waals surface area contributed by atoms with E-state index in [2.05, 4.69) is 4.98 Å². The summed E-state index contributed by atoms with van der Waals surface area (Å²) < 4.78 is 10.5. The first-order valence-electron chi connectivity index (χ1n) is 7.90. The zero-order valence-electron chi connectivity index (χ0n) is 14.5. The molecule has 1 aromatic heterocycles. The summed E-state index contributed by atoms with van der Waals surface area (Å²) >= 11 is 0. The van der Waals surface area contributed by atoms with Gasteiger partial charge in [-0.25, -0.2) is 4.79 Å². The lowest BCUT2D eigenvalue weighted by molar-refractivity contribution is -0.154. The Morgan fingerprint density at radius 2 is 1.72 bits per heavy atom. The minimum atomic E-state index is -0.653. The minimum Gasteiger partial charge on any atom is -0.460 e. The topological polar surface area (TPSA) is 85.5 Å². The highest BCUT2D eigenvalue weighted by atomic mass is 16.6. The standard InChI is InChI=1S/C19H21NO5/c1-19(2,3)25-17(22)11-15-14(9-10-16(21)20-15)18(23)24-12-13-7-5-4-6-8-13/h4-10H,11-12H2,1-3H3,(H,20,21). The Labute approximate surface area is 145 Å². The number of H-pyrrole nitrogens is 1. The Balaban J connectivity index is 2.13. The van der Waals surface area contributed by atoms with Crippen LogP contribution in [0, 0.1) is 0 Å². The molecular weight excluding hydrogens is 322 g/mol. The van der Waals surface area contributed by atoms with Crippen LogP contribution < -0.4 is 5.56 Å². The summed E-state index contributed by atoms with van der Waals surface area (Å²) in [5.41, 5.74) is 0.105. The van der Waals surface area contributed by atoms with Gasteiger partial charge < -0.3 is 14.5 Å². The molecule has 0 amide bonds. The van der Waals surface area contributed by atoms with Crippen LogP contribution in [-0.4, -0.2) is 22.5 Å². The summed E-state index contributed by atoms with van der Waals surface area (Å²) in [4.78, 5) is 38.4. The van der Waals surface area contributed by atoms with Crippen molar-refractivity contribution in [3.8, 4) is 0 Å². The van der Waals surface area contributed by atoms with E-state index in [1.165, 1.54) is 12.1 Å². The smallest absolute Gasteiger partial charge is 0.340 e. The first kappa shape index (κ1) is 18.4. The summed E-state index contributed by atoms with van der Waals surface area (Å²) in [6.07, 6.45) is -0.219. The molecule has 1 N–H and O–H groups in total. The van der Waals surface area contributed by atoms with E-state index in [0.29, 0.717) is 0 Å². The number of aromatic nitrogens is 1. The second kappa shape index (κ2) is 7.79. The highest BCUT2D eigenvalue weighted by Crippen LogP contribution is 2.13. The van der Waals surface area contributed by atoms with Crippen LogP contribution >= 0.6 is 0 Å². The molecule has 0 saturated carbocycles. The Morgan fingerprint density at radius 3 is 2.36 bits per heavy atom. The Bertz CT molecular complexity index is 803. The lowest BCUT2D eigenvalue weighted by Gasteiger charge is -2.19. The van der Waals surface area contributed by atoms with Crippen molar-refractivity contribution in [1.29, 1.82) is 0 Å². The maximum atomic E-state index is 12.3. The van der Waals surface area contributed by atoms with Crippen molar-refractivity contribution in [2.45, 2.75) is 39.4 Å². The molecule has 2 aromatic rings. The molecule has 0 spiro atoms. The first-order chi connectivity index (χ1) is 11.7. The molecule has 0 fully saturated rings. The van der Waals surface area contributed by atoms with Crippen LogP contribution in [0.15, 0.2) is 47.3 Å². The van der Waals surface area contributed by atoms with Gasteiger partial charge in [0.1, 0.15) is 12.2 Å². The SMILES string of the molecule is CC(C)(C)OC(=O)Cc1[nH]c(=O)ccc1C(=O)OCc1ccccc1. The van der Waals surface area contributed by atoms with Gasteiger partial charge in [0.15, 0.2) is 0 Å². The third-order valence-electron chi connectivity index (χ3n) is 3.17. The van der Waals surface area contributed by atoms with E-state index in [9.17, 15) is 14.4 Å². The summed E-state index contributed by atoms with van der Waals surface area (Å²) in [6, 6.07) is 11.8. The summed E-state index contributed by atoms with van der Waals surface area (Å²) in [6.45, 7) is 5.33. The van der Waals surface area contributed by atoms with Crippen molar-refractivity contribution in [2.75, 3.05) is 0 Å². The van der Waals surface area contributed by atoms with Gasteiger partial charge in [0.2, 0.25) is 5.56 Å². The Kier molecular flexibility index (Phi) is 5.75. The maximum absolute atomic E-state index is 12.3. The van der Waals surface area contributed by atoms with Crippen molar-refractivity contribution in [2.24, 2.45) is 0 Å². The lowest BCUT2D eigenvalue weighted by atomic mass is 10.1. The van der Waals surface area contributed by atoms with E-state index in [4.69, 9.17) is 9.47 Å². The molecule has 1 aromatic carbocycles. The van der Waals surface area contributed by atoms with Gasteiger partial charge in [-0.2, -0.15) is 0 Å². The average molecular weight is 343 g/mol. The monoisotopic (exact) mass is 343 g/mol. The van der Waals surface area contributed by atoms with Crippen molar-refractivity contribution >= 4 is 11.9 Å². The van der Waals surface area contributed by atoms with Gasteiger partial charge in [0.25, 0.3) is 0 Å². The molecule has 0 unspecified atom stereocenters. The van der Waals surface area contributed by atoms with Crippen molar-refractivity contribution < 1.29 is 19.1 Å². The van der Waals surface area contributed by atoms with Gasteiger partial charge in [-0.1, -0.05) is 30.3 Å². The molecule has 0 bridgehead atoms. The lowest BCUT2D eigenvalue weighted by Crippen LogP contribution is -2.26. The van der Waals surface area contributed by atoms with Crippen LogP contribution in [-0.2, 0) is 27.3 Å². The largest absolute Gasteiger partial charge is 0.460 e. The van der Waals surface area contributed by atoms with E-state index >= 15 is 0 Å². The molecule has 1 heterocycles. The fourth-order valence-corrected chi connectivity index (χ4v) is 2.17. The van der Waals surface area contributed by atoms with Gasteiger partial charge >= 0.3 is 11.9 Å². The number of hydrogen-bond donors (Lipinski definition) is 1. The number of aromatic amines is 1. The molecule has 0 aliphatic heterocycles. The second-order valence-electron chi connectivity index (χ2n) is 6.54. The molecule has 0 aliphatic rings. The molecule has 2 rings (SSSR count). The van der Waals surface area contributed by atoms with E-state index in [1.54, 1.807) is 20.8 Å². The predicted octanol–water partition coefficient (Wildman–Crippen LogP) is 2.62. The molecule has 132 valence electrons. The molecule has 6 heteroatoms. The van der Waals surface area contributed by atoms with E-state index in [0.717, 1.165) is 5.56 Å². The van der Waals surface area contributed by atoms with Crippen molar-refractivity contribution in [3.63, 3.8) is 0 Å². The number of benzene rings is 1. The molecule has 0 radical (unpaired) electrons. The van der Waals surface area contributed by atoms with E-state index in [-0.39, 0.29) is 24.3 Å². The number of ether oxygens (including phenoxy) is 2. The zero-order valence-corrected chi connectivity index (χ0v) is 14.5. The summed E-state index contributed by atoms with van der Waals surface area (Å²) in [5.74, 6) is -1.15. The number of pyridine rings is 1. The third-order valence-corrected chi connectivity index (χ3v) is 3.17. The normalized spacial score (nSPS) is 11.0. The van der Waals surface area contributed by atoms with Crippen molar-refractivity contribution in [3.05, 3.63) is 69.6 Å². The summed E-state index contributed by atoms with van der Waals surface area (Å²) in [5, 5.41) is 0. The Hall–Kier alpha value is -2.89. The quantitative estimate of drug-likeness (QED) is 0.844. The molecular formula is C19H21NO5. The van der Waals surface area contributed by atoms with Crippen LogP contribution in [0.1, 0.15) is 42.4 Å². The number of carbonyl (C=O) groups excluding carboxylic acids is 2. The number of esters is 2. The number of hydrogen-bond acceptors (Lipinski definition) is 5. The first-order valence-corrected chi connectivity index (χ1v) is 7.90. The predicted molar refractivity (Wildman–Crippen MR) is 92.2 cm³/mol.